The summed E-state index contributed by atoms with van der Waals surface area (Å²) in [6, 6.07) is 0. The molecule has 0 unspecified atom stereocenters. The molecule has 0 aliphatic carbocycles. The van der Waals surface area contributed by atoms with Gasteiger partial charge in [0, 0.05) is 32.5 Å². The van der Waals surface area contributed by atoms with E-state index in [1.54, 1.807) is 0 Å². The molecule has 1 saturated heterocycles. The maximum absolute atomic E-state index is 12.3. The van der Waals surface area contributed by atoms with E-state index in [1.165, 1.54) is 18.2 Å². The number of nitrogens with zero attached hydrogens (tertiary/aromatic N) is 4. The van der Waals surface area contributed by atoms with Gasteiger partial charge < -0.3 is 15.2 Å². The van der Waals surface area contributed by atoms with Crippen LogP contribution >= 0.6 is 11.8 Å². The quantitative estimate of drug-likeness (QED) is 0.714. The number of primary amides is 1. The van der Waals surface area contributed by atoms with Crippen LogP contribution in [-0.2, 0) is 22.6 Å². The highest BCUT2D eigenvalue weighted by Crippen LogP contribution is 2.21. The summed E-state index contributed by atoms with van der Waals surface area (Å²) < 4.78 is 2.02. The van der Waals surface area contributed by atoms with Crippen LogP contribution in [0.3, 0.4) is 0 Å². The first-order chi connectivity index (χ1) is 11.5. The van der Waals surface area contributed by atoms with Crippen molar-refractivity contribution in [3.05, 3.63) is 5.82 Å². The minimum atomic E-state index is -0.344. The lowest BCUT2D eigenvalue weighted by molar-refractivity contribution is -0.129. The Hall–Kier alpha value is -1.57. The molecule has 2 N–H and O–H groups in total. The molecule has 0 saturated carbocycles. The first-order valence-electron chi connectivity index (χ1n) is 8.58. The predicted octanol–water partition coefficient (Wildman–Crippen LogP) is 1.46. The molecule has 1 aliphatic rings. The van der Waals surface area contributed by atoms with Gasteiger partial charge >= 0.3 is 0 Å². The molecule has 0 atom stereocenters. The molecule has 2 heterocycles. The van der Waals surface area contributed by atoms with E-state index in [0.29, 0.717) is 18.1 Å². The van der Waals surface area contributed by atoms with Gasteiger partial charge in [-0.3, -0.25) is 9.59 Å². The largest absolute Gasteiger partial charge is 0.370 e. The van der Waals surface area contributed by atoms with Gasteiger partial charge in [-0.25, -0.2) is 0 Å². The number of carbonyl (C=O) groups excluding carboxylic acids is 2. The lowest BCUT2D eigenvalue weighted by Crippen LogP contribution is -2.36. The standard InChI is InChI=1S/C16H27N5O2S/c1-12(2)10-21-14(7-6-13(17)22)18-19-16(21)24-11-15(23)20-8-4-3-5-9-20/h12H,3-11H2,1-2H3,(H2,17,22). The fourth-order valence-electron chi connectivity index (χ4n) is 2.76. The van der Waals surface area contributed by atoms with Crippen molar-refractivity contribution < 1.29 is 9.59 Å². The van der Waals surface area contributed by atoms with Gasteiger partial charge in [0.15, 0.2) is 5.16 Å². The van der Waals surface area contributed by atoms with E-state index >= 15 is 0 Å². The Morgan fingerprint density at radius 3 is 2.54 bits per heavy atom. The highest BCUT2D eigenvalue weighted by molar-refractivity contribution is 7.99. The number of amides is 2. The predicted molar refractivity (Wildman–Crippen MR) is 93.5 cm³/mol. The molecule has 134 valence electrons. The Morgan fingerprint density at radius 1 is 1.21 bits per heavy atom. The number of thioether (sulfide) groups is 1. The van der Waals surface area contributed by atoms with Crippen molar-refractivity contribution in [3.8, 4) is 0 Å². The van der Waals surface area contributed by atoms with Gasteiger partial charge in [0.25, 0.3) is 0 Å². The van der Waals surface area contributed by atoms with Crippen LogP contribution in [0.1, 0.15) is 45.4 Å². The smallest absolute Gasteiger partial charge is 0.233 e. The summed E-state index contributed by atoms with van der Waals surface area (Å²) >= 11 is 1.43. The average molecular weight is 353 g/mol. The summed E-state index contributed by atoms with van der Waals surface area (Å²) in [5.41, 5.74) is 5.23. The Morgan fingerprint density at radius 2 is 1.92 bits per heavy atom. The number of nitrogens with two attached hydrogens (primary N) is 1. The van der Waals surface area contributed by atoms with Gasteiger partial charge in [-0.05, 0) is 25.2 Å². The average Bonchev–Trinajstić information content (AvgIpc) is 2.92. The van der Waals surface area contributed by atoms with Crippen LogP contribution in [0, 0.1) is 5.92 Å². The van der Waals surface area contributed by atoms with Crippen molar-refractivity contribution in [2.24, 2.45) is 11.7 Å². The number of rotatable bonds is 8. The molecule has 24 heavy (non-hydrogen) atoms. The Balaban J connectivity index is 1.99. The van der Waals surface area contributed by atoms with Crippen LogP contribution in [0.4, 0.5) is 0 Å². The molecule has 1 fully saturated rings. The lowest BCUT2D eigenvalue weighted by Gasteiger charge is -2.26. The van der Waals surface area contributed by atoms with Crippen molar-refractivity contribution in [2.45, 2.75) is 57.7 Å². The zero-order chi connectivity index (χ0) is 17.5. The zero-order valence-corrected chi connectivity index (χ0v) is 15.3. The highest BCUT2D eigenvalue weighted by atomic mass is 32.2. The topological polar surface area (TPSA) is 94.1 Å². The maximum Gasteiger partial charge on any atom is 0.233 e. The third-order valence-electron chi connectivity index (χ3n) is 3.97. The monoisotopic (exact) mass is 353 g/mol. The number of likely N-dealkylation sites (tertiary alicyclic amines) is 1. The minimum Gasteiger partial charge on any atom is -0.370 e. The Labute approximate surface area is 147 Å². The van der Waals surface area contributed by atoms with E-state index in [4.69, 9.17) is 5.73 Å². The molecule has 1 aliphatic heterocycles. The fraction of sp³-hybridized carbons (Fsp3) is 0.750. The van der Waals surface area contributed by atoms with Crippen molar-refractivity contribution in [2.75, 3.05) is 18.8 Å². The van der Waals surface area contributed by atoms with Gasteiger partial charge in [0.05, 0.1) is 5.75 Å². The van der Waals surface area contributed by atoms with E-state index in [2.05, 4.69) is 24.0 Å². The normalized spacial score (nSPS) is 15.0. The lowest BCUT2D eigenvalue weighted by atomic mass is 10.1. The second-order valence-corrected chi connectivity index (χ2v) is 7.54. The number of aryl methyl sites for hydroxylation is 1. The SMILES string of the molecule is CC(C)Cn1c(CCC(N)=O)nnc1SCC(=O)N1CCCCC1. The van der Waals surface area contributed by atoms with Crippen LogP contribution < -0.4 is 5.73 Å². The molecule has 0 bridgehead atoms. The van der Waals surface area contributed by atoms with Crippen molar-refractivity contribution in [1.29, 1.82) is 0 Å². The van der Waals surface area contributed by atoms with Gasteiger partial charge in [-0.15, -0.1) is 10.2 Å². The molecule has 7 nitrogen and oxygen atoms in total. The summed E-state index contributed by atoms with van der Waals surface area (Å²) in [4.78, 5) is 25.3. The van der Waals surface area contributed by atoms with Crippen molar-refractivity contribution in [3.63, 3.8) is 0 Å². The van der Waals surface area contributed by atoms with Crippen LogP contribution in [-0.4, -0.2) is 50.3 Å². The first-order valence-corrected chi connectivity index (χ1v) is 9.57. The number of carbonyl (C=O) groups is 2. The van der Waals surface area contributed by atoms with Crippen LogP contribution in [0.15, 0.2) is 5.16 Å². The summed E-state index contributed by atoms with van der Waals surface area (Å²) in [6.45, 7) is 6.72. The molecule has 2 rings (SSSR count). The number of hydrogen-bond donors (Lipinski definition) is 1. The summed E-state index contributed by atoms with van der Waals surface area (Å²) in [7, 11) is 0. The van der Waals surface area contributed by atoms with E-state index in [1.807, 2.05) is 9.47 Å². The maximum atomic E-state index is 12.3. The van der Waals surface area contributed by atoms with Gasteiger partial charge in [0.1, 0.15) is 5.82 Å². The number of piperidine rings is 1. The van der Waals surface area contributed by atoms with Crippen LogP contribution in [0.25, 0.3) is 0 Å². The van der Waals surface area contributed by atoms with E-state index in [-0.39, 0.29) is 18.2 Å². The third-order valence-corrected chi connectivity index (χ3v) is 4.92. The third kappa shape index (κ3) is 5.51. The van der Waals surface area contributed by atoms with E-state index < -0.39 is 0 Å². The Kier molecular flexibility index (Phi) is 7.08. The minimum absolute atomic E-state index is 0.164. The van der Waals surface area contributed by atoms with Gasteiger partial charge in [0.2, 0.25) is 11.8 Å². The molecule has 0 aromatic carbocycles. The fourth-order valence-corrected chi connectivity index (χ4v) is 3.62. The summed E-state index contributed by atoms with van der Waals surface area (Å²) in [6.07, 6.45) is 4.14. The van der Waals surface area contributed by atoms with Crippen molar-refractivity contribution >= 4 is 23.6 Å². The summed E-state index contributed by atoms with van der Waals surface area (Å²) in [5.74, 6) is 1.38. The van der Waals surface area contributed by atoms with Gasteiger partial charge in [-0.2, -0.15) is 0 Å². The summed E-state index contributed by atoms with van der Waals surface area (Å²) in [5, 5.41) is 9.15. The Bertz CT molecular complexity index is 567. The molecular formula is C16H27N5O2S. The van der Waals surface area contributed by atoms with Crippen LogP contribution in [0.5, 0.6) is 0 Å². The number of aromatic nitrogens is 3. The van der Waals surface area contributed by atoms with Crippen molar-refractivity contribution in [1.82, 2.24) is 19.7 Å². The molecule has 1 aromatic heterocycles. The number of hydrogen-bond acceptors (Lipinski definition) is 5. The second kappa shape index (κ2) is 9.05. The molecule has 2 amide bonds. The first kappa shape index (κ1) is 18.8. The molecule has 0 spiro atoms. The zero-order valence-electron chi connectivity index (χ0n) is 14.5. The molecule has 8 heteroatoms. The van der Waals surface area contributed by atoms with E-state index in [0.717, 1.165) is 43.5 Å². The van der Waals surface area contributed by atoms with E-state index in [9.17, 15) is 9.59 Å². The van der Waals surface area contributed by atoms with Gasteiger partial charge in [-0.1, -0.05) is 25.6 Å². The molecule has 1 aromatic rings. The second-order valence-electron chi connectivity index (χ2n) is 6.60. The highest BCUT2D eigenvalue weighted by Gasteiger charge is 2.19. The van der Waals surface area contributed by atoms with Crippen LogP contribution in [0.2, 0.25) is 0 Å². The molecule has 0 radical (unpaired) electrons. The molecular weight excluding hydrogens is 326 g/mol.